The summed E-state index contributed by atoms with van der Waals surface area (Å²) in [5, 5.41) is 5.80. The Balaban J connectivity index is 0.000000524. The number of alkyl halides is 2. The Morgan fingerprint density at radius 2 is 1.86 bits per heavy atom. The molecule has 4 atom stereocenters. The average Bonchev–Trinajstić information content (AvgIpc) is 2.90. The summed E-state index contributed by atoms with van der Waals surface area (Å²) >= 11 is 17.5. The molecular formula is C29H38Cl3FNO2P. The molecule has 2 aromatic carbocycles. The first kappa shape index (κ1) is 33.8. The highest BCUT2D eigenvalue weighted by Crippen LogP contribution is 2.37. The molecule has 0 aromatic heterocycles. The van der Waals surface area contributed by atoms with Crippen LogP contribution in [0.15, 0.2) is 79.9 Å². The van der Waals surface area contributed by atoms with Gasteiger partial charge < -0.3 is 14.8 Å². The van der Waals surface area contributed by atoms with Gasteiger partial charge >= 0.3 is 0 Å². The summed E-state index contributed by atoms with van der Waals surface area (Å²) in [6.07, 6.45) is 3.85. The lowest BCUT2D eigenvalue weighted by atomic mass is 9.82. The third-order valence-electron chi connectivity index (χ3n) is 5.54. The van der Waals surface area contributed by atoms with E-state index in [1.54, 1.807) is 12.1 Å². The second kappa shape index (κ2) is 18.1. The van der Waals surface area contributed by atoms with Crippen molar-refractivity contribution in [3.05, 3.63) is 101 Å². The fraction of sp³-hybridized carbons (Fsp3) is 0.379. The van der Waals surface area contributed by atoms with Crippen molar-refractivity contribution in [3.63, 3.8) is 0 Å². The molecule has 3 nitrogen and oxygen atoms in total. The van der Waals surface area contributed by atoms with Crippen molar-refractivity contribution in [1.29, 1.82) is 0 Å². The van der Waals surface area contributed by atoms with Crippen LogP contribution in [0, 0.1) is 0 Å². The van der Waals surface area contributed by atoms with E-state index in [0.29, 0.717) is 28.8 Å². The van der Waals surface area contributed by atoms with Crippen LogP contribution in [0.1, 0.15) is 31.4 Å². The van der Waals surface area contributed by atoms with E-state index in [1.807, 2.05) is 26.0 Å². The predicted molar refractivity (Wildman–Crippen MR) is 162 cm³/mol. The molecule has 37 heavy (non-hydrogen) atoms. The minimum atomic E-state index is -0.483. The maximum Gasteiger partial charge on any atom is 0.122 e. The summed E-state index contributed by atoms with van der Waals surface area (Å²) < 4.78 is 23.9. The molecule has 1 fully saturated rings. The Morgan fingerprint density at radius 1 is 1.22 bits per heavy atom. The van der Waals surface area contributed by atoms with Gasteiger partial charge in [-0.25, -0.2) is 4.39 Å². The van der Waals surface area contributed by atoms with Gasteiger partial charge in [-0.15, -0.1) is 27.4 Å². The third-order valence-corrected chi connectivity index (χ3v) is 6.85. The number of hydrogen-bond acceptors (Lipinski definition) is 3. The molecule has 0 spiro atoms. The van der Waals surface area contributed by atoms with Crippen LogP contribution in [0.5, 0.6) is 0 Å². The van der Waals surface area contributed by atoms with Gasteiger partial charge in [-0.2, -0.15) is 0 Å². The Bertz CT molecular complexity index is 984. The summed E-state index contributed by atoms with van der Waals surface area (Å²) in [6.45, 7) is 16.2. The van der Waals surface area contributed by atoms with Gasteiger partial charge in [0.05, 0.1) is 16.7 Å². The lowest BCUT2D eigenvalue weighted by Gasteiger charge is -2.44. The lowest BCUT2D eigenvalue weighted by molar-refractivity contribution is -0.167. The first-order valence-electron chi connectivity index (χ1n) is 12.0. The van der Waals surface area contributed by atoms with E-state index < -0.39 is 12.3 Å². The normalized spacial score (nSPS) is 19.4. The zero-order valence-electron chi connectivity index (χ0n) is 21.6. The Hall–Kier alpha value is -1.23. The zero-order chi connectivity index (χ0) is 27.8. The van der Waals surface area contributed by atoms with Crippen molar-refractivity contribution in [2.75, 3.05) is 26.4 Å². The molecule has 2 aromatic rings. The highest BCUT2D eigenvalue weighted by Gasteiger charge is 2.44. The summed E-state index contributed by atoms with van der Waals surface area (Å²) in [7, 11) is 2.72. The monoisotopic (exact) mass is 587 g/mol. The summed E-state index contributed by atoms with van der Waals surface area (Å²) in [4.78, 5) is 0. The molecule has 204 valence electrons. The second-order valence-electron chi connectivity index (χ2n) is 8.36. The standard InChI is InChI=1S/C20H24Cl2NO2P.C5H7F.C4H7Cl/c1-2-25-20(15-4-6-16(26)7-5-15)9-10-23-12-19(20)24-13-14-3-8-17(21)18(22)11-14;1-3-5(2)4-6;1-3-4(2)5/h3-8,11,19,23H,2,9-10,12-13,26H2,1H3;3H,1-2,4H2;3-4H,1H2,2H3. The van der Waals surface area contributed by atoms with Crippen molar-refractivity contribution in [2.24, 2.45) is 0 Å². The van der Waals surface area contributed by atoms with Gasteiger partial charge in [0.1, 0.15) is 18.4 Å². The fourth-order valence-corrected chi connectivity index (χ4v) is 4.02. The molecule has 1 aliphatic rings. The van der Waals surface area contributed by atoms with Crippen molar-refractivity contribution in [1.82, 2.24) is 5.32 Å². The van der Waals surface area contributed by atoms with E-state index >= 15 is 0 Å². The van der Waals surface area contributed by atoms with Crippen molar-refractivity contribution < 1.29 is 13.9 Å². The minimum absolute atomic E-state index is 0.0963. The van der Waals surface area contributed by atoms with Crippen molar-refractivity contribution >= 4 is 49.3 Å². The first-order valence-corrected chi connectivity index (χ1v) is 13.8. The van der Waals surface area contributed by atoms with E-state index in [9.17, 15) is 4.39 Å². The highest BCUT2D eigenvalue weighted by molar-refractivity contribution is 7.27. The van der Waals surface area contributed by atoms with Gasteiger partial charge in [-0.1, -0.05) is 78.8 Å². The maximum atomic E-state index is 11.2. The minimum Gasteiger partial charge on any atom is -0.369 e. The molecule has 0 radical (unpaired) electrons. The molecule has 0 bridgehead atoms. The second-order valence-corrected chi connectivity index (χ2v) is 10.5. The SMILES string of the molecule is C=CC(=C)CF.C=CC(C)Cl.CCOC1(c2ccc(P)cc2)CCNCC1OCc1ccc(Cl)c(Cl)c1. The van der Waals surface area contributed by atoms with Gasteiger partial charge in [-0.05, 0) is 61.0 Å². The first-order chi connectivity index (χ1) is 17.6. The van der Waals surface area contributed by atoms with Crippen molar-refractivity contribution in [2.45, 2.75) is 44.0 Å². The molecule has 4 unspecified atom stereocenters. The summed E-state index contributed by atoms with van der Waals surface area (Å²) in [6, 6.07) is 14.1. The van der Waals surface area contributed by atoms with Gasteiger partial charge in [0.15, 0.2) is 0 Å². The third kappa shape index (κ3) is 11.6. The number of benzene rings is 2. The number of halogens is 4. The van der Waals surface area contributed by atoms with Crippen LogP contribution in [0.25, 0.3) is 0 Å². The van der Waals surface area contributed by atoms with E-state index in [-0.39, 0.29) is 11.5 Å². The molecular weight excluding hydrogens is 551 g/mol. The molecule has 0 amide bonds. The molecule has 0 aliphatic carbocycles. The van der Waals surface area contributed by atoms with E-state index in [0.717, 1.165) is 35.9 Å². The summed E-state index contributed by atoms with van der Waals surface area (Å²) in [5.41, 5.74) is 2.14. The lowest BCUT2D eigenvalue weighted by Crippen LogP contribution is -2.54. The van der Waals surface area contributed by atoms with Crippen LogP contribution in [0.3, 0.4) is 0 Å². The van der Waals surface area contributed by atoms with E-state index in [2.05, 4.69) is 58.6 Å². The van der Waals surface area contributed by atoms with Crippen LogP contribution >= 0.6 is 44.0 Å². The Morgan fingerprint density at radius 3 is 2.35 bits per heavy atom. The predicted octanol–water partition coefficient (Wildman–Crippen LogP) is 7.80. The topological polar surface area (TPSA) is 30.5 Å². The largest absolute Gasteiger partial charge is 0.369 e. The Labute approximate surface area is 239 Å². The van der Waals surface area contributed by atoms with E-state index in [4.69, 9.17) is 44.3 Å². The van der Waals surface area contributed by atoms with Crippen molar-refractivity contribution in [3.8, 4) is 0 Å². The maximum absolute atomic E-state index is 11.2. The molecule has 1 aliphatic heterocycles. The van der Waals surface area contributed by atoms with Gasteiger partial charge in [0, 0.05) is 18.5 Å². The average molecular weight is 589 g/mol. The van der Waals surface area contributed by atoms with Crippen LogP contribution in [0.2, 0.25) is 10.0 Å². The van der Waals surface area contributed by atoms with Gasteiger partial charge in [0.25, 0.3) is 0 Å². The molecule has 1 heterocycles. The van der Waals surface area contributed by atoms with E-state index in [1.165, 1.54) is 6.08 Å². The molecule has 1 N–H and O–H groups in total. The summed E-state index contributed by atoms with van der Waals surface area (Å²) in [5.74, 6) is 0. The zero-order valence-corrected chi connectivity index (χ0v) is 25.0. The van der Waals surface area contributed by atoms with Crippen LogP contribution in [-0.2, 0) is 21.7 Å². The fourth-order valence-electron chi connectivity index (χ4n) is 3.51. The highest BCUT2D eigenvalue weighted by atomic mass is 35.5. The number of allylic oxidation sites excluding steroid dienone is 3. The molecule has 1 saturated heterocycles. The van der Waals surface area contributed by atoms with Gasteiger partial charge in [-0.3, -0.25) is 0 Å². The number of piperidine rings is 1. The Kier molecular flexibility index (Phi) is 16.6. The quantitative estimate of drug-likeness (QED) is 0.140. The van der Waals surface area contributed by atoms with Gasteiger partial charge in [0.2, 0.25) is 0 Å². The van der Waals surface area contributed by atoms with Crippen LogP contribution < -0.4 is 10.6 Å². The molecule has 3 rings (SSSR count). The molecule has 8 heteroatoms. The molecule has 0 saturated carbocycles. The number of rotatable bonds is 9. The number of ether oxygens (including phenoxy) is 2. The van der Waals surface area contributed by atoms with Crippen LogP contribution in [0.4, 0.5) is 4.39 Å². The van der Waals surface area contributed by atoms with Crippen LogP contribution in [-0.4, -0.2) is 37.9 Å². The number of hydrogen-bond donors (Lipinski definition) is 1. The number of nitrogens with one attached hydrogen (secondary N) is 1. The smallest absolute Gasteiger partial charge is 0.122 e.